The van der Waals surface area contributed by atoms with Crippen LogP contribution in [-0.4, -0.2) is 60.8 Å². The van der Waals surface area contributed by atoms with Gasteiger partial charge in [0.2, 0.25) is 10.0 Å². The summed E-state index contributed by atoms with van der Waals surface area (Å²) >= 11 is 0. The largest absolute Gasteiger partial charge is 0.346 e. The van der Waals surface area contributed by atoms with Crippen LogP contribution < -0.4 is 15.4 Å². The van der Waals surface area contributed by atoms with Crippen LogP contribution in [0.3, 0.4) is 0 Å². The molecule has 1 aliphatic rings. The zero-order valence-electron chi connectivity index (χ0n) is 20.9. The number of nitrogens with one attached hydrogen (secondary N) is 3. The maximum atomic E-state index is 15.2. The number of amides is 3. The highest BCUT2D eigenvalue weighted by atomic mass is 32.2. The van der Waals surface area contributed by atoms with Crippen molar-refractivity contribution < 1.29 is 40.4 Å². The van der Waals surface area contributed by atoms with E-state index in [0.29, 0.717) is 12.1 Å². The number of nitrogens with zero attached hydrogens (tertiary/aromatic N) is 2. The number of anilines is 1. The Labute approximate surface area is 216 Å². The second-order valence-electron chi connectivity index (χ2n) is 9.35. The topological polar surface area (TPSA) is 130 Å². The predicted molar refractivity (Wildman–Crippen MR) is 127 cm³/mol. The van der Waals surface area contributed by atoms with Gasteiger partial charge in [-0.2, -0.15) is 0 Å². The van der Waals surface area contributed by atoms with Gasteiger partial charge in [0.1, 0.15) is 10.6 Å². The maximum absolute atomic E-state index is 15.2. The van der Waals surface area contributed by atoms with Gasteiger partial charge in [-0.25, -0.2) is 30.7 Å². The number of carbonyl (C=O) groups excluding carboxylic acids is 3. The van der Waals surface area contributed by atoms with Crippen molar-refractivity contribution in [2.75, 3.05) is 18.4 Å². The third kappa shape index (κ3) is 6.15. The minimum absolute atomic E-state index is 0.0766. The van der Waals surface area contributed by atoms with Crippen LogP contribution in [0.15, 0.2) is 23.2 Å². The molecule has 15 heteroatoms. The van der Waals surface area contributed by atoms with Crippen LogP contribution in [0.2, 0.25) is 0 Å². The lowest BCUT2D eigenvalue weighted by molar-refractivity contribution is -0.147. The van der Waals surface area contributed by atoms with Crippen LogP contribution in [-0.2, 0) is 26.7 Å². The van der Waals surface area contributed by atoms with Gasteiger partial charge in [0.15, 0.2) is 23.3 Å². The first kappa shape index (κ1) is 29.1. The van der Waals surface area contributed by atoms with Crippen molar-refractivity contribution >= 4 is 33.4 Å². The molecule has 2 atom stereocenters. The Kier molecular flexibility index (Phi) is 8.51. The van der Waals surface area contributed by atoms with E-state index in [1.165, 1.54) is 11.9 Å². The van der Waals surface area contributed by atoms with Gasteiger partial charge in [-0.15, -0.1) is 0 Å². The summed E-state index contributed by atoms with van der Waals surface area (Å²) in [6.45, 7) is 5.23. The molecule has 10 nitrogen and oxygen atoms in total. The summed E-state index contributed by atoms with van der Waals surface area (Å²) in [6, 6.07) is 0.0288. The molecule has 3 N–H and O–H groups in total. The van der Waals surface area contributed by atoms with Crippen LogP contribution in [0.5, 0.6) is 0 Å². The Balaban J connectivity index is 1.74. The summed E-state index contributed by atoms with van der Waals surface area (Å²) in [4.78, 5) is 37.4. The molecule has 3 amide bonds. The van der Waals surface area contributed by atoms with Crippen molar-refractivity contribution in [3.63, 3.8) is 0 Å². The summed E-state index contributed by atoms with van der Waals surface area (Å²) < 4.78 is 84.5. The lowest BCUT2D eigenvalue weighted by Gasteiger charge is -2.36. The van der Waals surface area contributed by atoms with E-state index in [-0.39, 0.29) is 25.6 Å². The van der Waals surface area contributed by atoms with Crippen LogP contribution in [0.25, 0.3) is 0 Å². The highest BCUT2D eigenvalue weighted by Crippen LogP contribution is 2.25. The monoisotopic (exact) mass is 561 g/mol. The van der Waals surface area contributed by atoms with Gasteiger partial charge < -0.3 is 20.1 Å². The maximum Gasteiger partial charge on any atom is 0.311 e. The molecule has 0 radical (unpaired) electrons. The van der Waals surface area contributed by atoms with E-state index < -0.39 is 79.3 Å². The Morgan fingerprint density at radius 2 is 1.66 bits per heavy atom. The summed E-state index contributed by atoms with van der Waals surface area (Å²) in [7, 11) is -3.31. The second-order valence-corrected chi connectivity index (χ2v) is 11.0. The molecular weight excluding hydrogens is 534 g/mol. The van der Waals surface area contributed by atoms with Crippen LogP contribution in [0.4, 0.5) is 23.2 Å². The number of aromatic nitrogens is 1. The molecule has 1 aromatic heterocycles. The molecule has 1 saturated heterocycles. The molecule has 0 saturated carbocycles. The molecule has 0 unspecified atom stereocenters. The van der Waals surface area contributed by atoms with E-state index in [0.717, 1.165) is 10.8 Å². The first-order chi connectivity index (χ1) is 17.6. The van der Waals surface area contributed by atoms with Gasteiger partial charge in [0.25, 0.3) is 5.91 Å². The van der Waals surface area contributed by atoms with Gasteiger partial charge in [-0.05, 0) is 26.2 Å². The number of rotatable bonds is 6. The Hall–Kier alpha value is -3.46. The fraction of sp³-hybridized carbons (Fsp3) is 0.435. The Bertz CT molecular complexity index is 1360. The van der Waals surface area contributed by atoms with Crippen molar-refractivity contribution in [2.45, 2.75) is 44.2 Å². The van der Waals surface area contributed by atoms with Crippen LogP contribution >= 0.6 is 0 Å². The first-order valence-electron chi connectivity index (χ1n) is 11.5. The van der Waals surface area contributed by atoms with Gasteiger partial charge in [0.05, 0.1) is 0 Å². The SMILES string of the molecule is CC(C)NC(=O)C(=O)N1CC[C@@H](NS(=O)(=O)c2cn(C)c(C(=O)Nc3cc(F)c(F)c(F)c3)c2F)[C@@H](C)C1. The van der Waals surface area contributed by atoms with E-state index in [9.17, 15) is 36.0 Å². The Morgan fingerprint density at radius 3 is 2.21 bits per heavy atom. The summed E-state index contributed by atoms with van der Waals surface area (Å²) in [5.74, 6) is -9.50. The normalized spacial score (nSPS) is 18.0. The highest BCUT2D eigenvalue weighted by molar-refractivity contribution is 7.89. The molecule has 208 valence electrons. The van der Waals surface area contributed by atoms with Crippen molar-refractivity contribution in [2.24, 2.45) is 13.0 Å². The predicted octanol–water partition coefficient (Wildman–Crippen LogP) is 1.87. The number of sulfonamides is 1. The smallest absolute Gasteiger partial charge is 0.311 e. The first-order valence-corrected chi connectivity index (χ1v) is 13.0. The zero-order chi connectivity index (χ0) is 28.5. The summed E-state index contributed by atoms with van der Waals surface area (Å²) in [5.41, 5.74) is -1.26. The van der Waals surface area contributed by atoms with Crippen LogP contribution in [0.1, 0.15) is 37.7 Å². The zero-order valence-corrected chi connectivity index (χ0v) is 21.8. The molecule has 2 heterocycles. The molecule has 1 aliphatic heterocycles. The number of halogens is 4. The number of hydrogen-bond acceptors (Lipinski definition) is 5. The number of benzene rings is 1. The van der Waals surface area contributed by atoms with Gasteiger partial charge >= 0.3 is 11.8 Å². The van der Waals surface area contributed by atoms with Crippen molar-refractivity contribution in [1.82, 2.24) is 19.5 Å². The number of aryl methyl sites for hydroxylation is 1. The van der Waals surface area contributed by atoms with Crippen LogP contribution in [0, 0.1) is 29.2 Å². The molecular formula is C23H27F4N5O5S. The van der Waals surface area contributed by atoms with E-state index in [1.54, 1.807) is 20.8 Å². The third-order valence-corrected chi connectivity index (χ3v) is 7.42. The minimum atomic E-state index is -4.50. The van der Waals surface area contributed by atoms with Crippen molar-refractivity contribution in [1.29, 1.82) is 0 Å². The minimum Gasteiger partial charge on any atom is -0.346 e. The van der Waals surface area contributed by atoms with E-state index in [4.69, 9.17) is 0 Å². The number of piperidine rings is 1. The number of likely N-dealkylation sites (tertiary alicyclic amines) is 1. The van der Waals surface area contributed by atoms with Crippen molar-refractivity contribution in [3.8, 4) is 0 Å². The molecule has 0 spiro atoms. The molecule has 3 rings (SSSR count). The van der Waals surface area contributed by atoms with Gasteiger partial charge in [0, 0.05) is 56.2 Å². The van der Waals surface area contributed by atoms with E-state index in [2.05, 4.69) is 10.0 Å². The fourth-order valence-electron chi connectivity index (χ4n) is 4.07. The molecule has 0 bridgehead atoms. The standard InChI is InChI=1S/C23H27F4N5O5S/c1-11(2)28-22(34)23(35)32-6-5-16(12(3)9-32)30-38(36,37)17-10-31(4)20(19(17)27)21(33)29-13-7-14(24)18(26)15(25)8-13/h7-8,10-12,16,30H,5-6,9H2,1-4H3,(H,28,34)(H,29,33)/t12-,16+/m0/s1. The average molecular weight is 562 g/mol. The molecule has 38 heavy (non-hydrogen) atoms. The van der Waals surface area contributed by atoms with Gasteiger partial charge in [-0.3, -0.25) is 14.4 Å². The third-order valence-electron chi connectivity index (χ3n) is 5.95. The molecule has 2 aromatic rings. The summed E-state index contributed by atoms with van der Waals surface area (Å²) in [5, 5.41) is 4.51. The molecule has 1 fully saturated rings. The highest BCUT2D eigenvalue weighted by Gasteiger charge is 2.36. The number of carbonyl (C=O) groups is 3. The summed E-state index contributed by atoms with van der Waals surface area (Å²) in [6.07, 6.45) is 1.00. The quantitative estimate of drug-likeness (QED) is 0.282. The van der Waals surface area contributed by atoms with E-state index in [1.807, 2.05) is 5.32 Å². The number of hydrogen-bond donors (Lipinski definition) is 3. The lowest BCUT2D eigenvalue weighted by atomic mass is 9.95. The van der Waals surface area contributed by atoms with E-state index >= 15 is 4.39 Å². The average Bonchev–Trinajstić information content (AvgIpc) is 3.12. The molecule has 1 aromatic carbocycles. The lowest BCUT2D eigenvalue weighted by Crippen LogP contribution is -2.54. The fourth-order valence-corrected chi connectivity index (χ4v) is 5.57. The van der Waals surface area contributed by atoms with Gasteiger partial charge in [-0.1, -0.05) is 6.92 Å². The van der Waals surface area contributed by atoms with Crippen molar-refractivity contribution in [3.05, 3.63) is 47.3 Å². The Morgan fingerprint density at radius 1 is 1.05 bits per heavy atom. The molecule has 0 aliphatic carbocycles. The second kappa shape index (κ2) is 11.1.